The zero-order valence-corrected chi connectivity index (χ0v) is 12.0. The zero-order chi connectivity index (χ0) is 14.8. The second-order valence-corrected chi connectivity index (χ2v) is 5.22. The Balaban J connectivity index is 1.69. The highest BCUT2D eigenvalue weighted by atomic mass is 16.5. The molecule has 3 rings (SSSR count). The Kier molecular flexibility index (Phi) is 3.90. The normalized spacial score (nSPS) is 22.1. The van der Waals surface area contributed by atoms with Gasteiger partial charge in [0.25, 0.3) is 0 Å². The van der Waals surface area contributed by atoms with Gasteiger partial charge in [-0.1, -0.05) is 12.1 Å². The summed E-state index contributed by atoms with van der Waals surface area (Å²) < 4.78 is 7.27. The molecule has 6 heteroatoms. The van der Waals surface area contributed by atoms with Crippen molar-refractivity contribution in [3.05, 3.63) is 30.6 Å². The van der Waals surface area contributed by atoms with Gasteiger partial charge in [-0.3, -0.25) is 4.79 Å². The van der Waals surface area contributed by atoms with Gasteiger partial charge < -0.3 is 19.3 Å². The number of nitrogens with zero attached hydrogens (tertiary/aromatic N) is 3. The fourth-order valence-electron chi connectivity index (χ4n) is 2.72. The third-order valence-electron chi connectivity index (χ3n) is 3.80. The number of fused-ring (bicyclic) bond motifs is 1. The molecule has 2 aromatic rings. The first-order valence-corrected chi connectivity index (χ1v) is 7.16. The molecule has 0 saturated carbocycles. The van der Waals surface area contributed by atoms with E-state index in [-0.39, 0.29) is 18.6 Å². The Morgan fingerprint density at radius 2 is 2.24 bits per heavy atom. The van der Waals surface area contributed by atoms with Crippen molar-refractivity contribution in [2.45, 2.75) is 25.7 Å². The molecule has 1 aromatic carbocycles. The van der Waals surface area contributed by atoms with E-state index in [1.165, 1.54) is 0 Å². The maximum atomic E-state index is 12.4. The molecule has 0 aliphatic carbocycles. The van der Waals surface area contributed by atoms with Crippen LogP contribution in [0.2, 0.25) is 0 Å². The number of hydrogen-bond acceptors (Lipinski definition) is 4. The van der Waals surface area contributed by atoms with Crippen molar-refractivity contribution in [2.24, 2.45) is 0 Å². The first-order chi connectivity index (χ1) is 10.2. The number of aliphatic hydroxyl groups is 1. The number of ether oxygens (including phenoxy) is 1. The molecule has 2 atom stereocenters. The summed E-state index contributed by atoms with van der Waals surface area (Å²) >= 11 is 0. The first kappa shape index (κ1) is 14.0. The van der Waals surface area contributed by atoms with Crippen molar-refractivity contribution >= 4 is 16.9 Å². The summed E-state index contributed by atoms with van der Waals surface area (Å²) in [7, 11) is 0. The summed E-state index contributed by atoms with van der Waals surface area (Å²) in [6, 6.07) is 7.71. The predicted molar refractivity (Wildman–Crippen MR) is 77.7 cm³/mol. The molecule has 0 radical (unpaired) electrons. The van der Waals surface area contributed by atoms with Crippen LogP contribution in [0.15, 0.2) is 30.6 Å². The van der Waals surface area contributed by atoms with E-state index in [1.807, 2.05) is 35.8 Å². The van der Waals surface area contributed by atoms with Gasteiger partial charge in [-0.2, -0.15) is 0 Å². The molecular weight excluding hydrogens is 270 g/mol. The van der Waals surface area contributed by atoms with E-state index in [0.717, 1.165) is 11.0 Å². The van der Waals surface area contributed by atoms with E-state index in [1.54, 1.807) is 11.2 Å². The second kappa shape index (κ2) is 5.83. The average molecular weight is 289 g/mol. The smallest absolute Gasteiger partial charge is 0.242 e. The zero-order valence-electron chi connectivity index (χ0n) is 12.0. The molecule has 1 aromatic heterocycles. The standard InChI is InChI=1S/C15H19N3O3/c1-2-21-14-8-17(7-13(14)19)15(20)9-18-10-16-11-5-3-4-6-12(11)18/h3-6,10,13-14,19H,2,7-9H2,1H3. The lowest BCUT2D eigenvalue weighted by Gasteiger charge is -2.16. The summed E-state index contributed by atoms with van der Waals surface area (Å²) in [6.07, 6.45) is 0.793. The topological polar surface area (TPSA) is 67.6 Å². The number of hydrogen-bond donors (Lipinski definition) is 1. The fourth-order valence-corrected chi connectivity index (χ4v) is 2.72. The SMILES string of the molecule is CCOC1CN(C(=O)Cn2cnc3ccccc32)CC1O. The summed E-state index contributed by atoms with van der Waals surface area (Å²) in [5.74, 6) is -0.0283. The number of carbonyl (C=O) groups excluding carboxylic acids is 1. The number of aromatic nitrogens is 2. The van der Waals surface area contributed by atoms with Gasteiger partial charge in [-0.15, -0.1) is 0 Å². The molecule has 0 spiro atoms. The summed E-state index contributed by atoms with van der Waals surface area (Å²) in [5.41, 5.74) is 1.81. The summed E-state index contributed by atoms with van der Waals surface area (Å²) in [6.45, 7) is 3.42. The number of β-amino-alcohol motifs (C(OH)–C–C–N with tert-alkyl or cyclic N) is 1. The monoisotopic (exact) mass is 289 g/mol. The van der Waals surface area contributed by atoms with Crippen LogP contribution >= 0.6 is 0 Å². The quantitative estimate of drug-likeness (QED) is 0.897. The van der Waals surface area contributed by atoms with Crippen molar-refractivity contribution in [1.82, 2.24) is 14.5 Å². The highest BCUT2D eigenvalue weighted by molar-refractivity contribution is 5.80. The summed E-state index contributed by atoms with van der Waals surface area (Å²) in [4.78, 5) is 18.3. The molecule has 112 valence electrons. The van der Waals surface area contributed by atoms with Gasteiger partial charge >= 0.3 is 0 Å². The molecule has 21 heavy (non-hydrogen) atoms. The fraction of sp³-hybridized carbons (Fsp3) is 0.467. The molecule has 1 aliphatic heterocycles. The van der Waals surface area contributed by atoms with Gasteiger partial charge in [0.15, 0.2) is 0 Å². The largest absolute Gasteiger partial charge is 0.388 e. The highest BCUT2D eigenvalue weighted by Gasteiger charge is 2.34. The van der Waals surface area contributed by atoms with E-state index >= 15 is 0 Å². The molecule has 6 nitrogen and oxygen atoms in total. The lowest BCUT2D eigenvalue weighted by atomic mass is 10.3. The number of rotatable bonds is 4. The Hall–Kier alpha value is -1.92. The van der Waals surface area contributed by atoms with Gasteiger partial charge in [0.2, 0.25) is 5.91 Å². The third kappa shape index (κ3) is 2.77. The molecule has 1 saturated heterocycles. The van der Waals surface area contributed by atoms with Crippen molar-refractivity contribution in [3.63, 3.8) is 0 Å². The number of carbonyl (C=O) groups is 1. The third-order valence-corrected chi connectivity index (χ3v) is 3.80. The van der Waals surface area contributed by atoms with Gasteiger partial charge in [-0.25, -0.2) is 4.98 Å². The van der Waals surface area contributed by atoms with E-state index in [2.05, 4.69) is 4.98 Å². The van der Waals surface area contributed by atoms with Crippen LogP contribution in [0.3, 0.4) is 0 Å². The number of aliphatic hydroxyl groups excluding tert-OH is 1. The van der Waals surface area contributed by atoms with Crippen LogP contribution in [0.1, 0.15) is 6.92 Å². The minimum Gasteiger partial charge on any atom is -0.388 e. The molecule has 1 N–H and O–H groups in total. The lowest BCUT2D eigenvalue weighted by Crippen LogP contribution is -2.32. The number of imidazole rings is 1. The van der Waals surface area contributed by atoms with Gasteiger partial charge in [0, 0.05) is 19.7 Å². The minimum absolute atomic E-state index is 0.0283. The maximum absolute atomic E-state index is 12.4. The molecule has 2 heterocycles. The predicted octanol–water partition coefficient (Wildman–Crippen LogP) is 0.644. The van der Waals surface area contributed by atoms with Crippen LogP contribution in [-0.4, -0.2) is 57.4 Å². The Morgan fingerprint density at radius 1 is 1.43 bits per heavy atom. The van der Waals surface area contributed by atoms with Gasteiger partial charge in [0.05, 0.1) is 23.5 Å². The number of para-hydroxylation sites is 2. The summed E-state index contributed by atoms with van der Waals surface area (Å²) in [5, 5.41) is 9.90. The van der Waals surface area contributed by atoms with Crippen LogP contribution in [0.25, 0.3) is 11.0 Å². The van der Waals surface area contributed by atoms with Gasteiger partial charge in [0.1, 0.15) is 12.6 Å². The van der Waals surface area contributed by atoms with Crippen molar-refractivity contribution in [3.8, 4) is 0 Å². The Labute approximate surface area is 122 Å². The van der Waals surface area contributed by atoms with E-state index in [4.69, 9.17) is 4.74 Å². The van der Waals surface area contributed by atoms with Crippen molar-refractivity contribution in [2.75, 3.05) is 19.7 Å². The molecular formula is C15H19N3O3. The molecule has 1 amide bonds. The van der Waals surface area contributed by atoms with E-state index in [9.17, 15) is 9.90 Å². The number of amides is 1. The average Bonchev–Trinajstić information content (AvgIpc) is 3.05. The molecule has 2 unspecified atom stereocenters. The van der Waals surface area contributed by atoms with Crippen LogP contribution in [0, 0.1) is 0 Å². The van der Waals surface area contributed by atoms with Crippen LogP contribution in [0.4, 0.5) is 0 Å². The van der Waals surface area contributed by atoms with Crippen molar-refractivity contribution < 1.29 is 14.6 Å². The lowest BCUT2D eigenvalue weighted by molar-refractivity contribution is -0.131. The minimum atomic E-state index is -0.603. The van der Waals surface area contributed by atoms with Crippen LogP contribution in [-0.2, 0) is 16.1 Å². The molecule has 1 aliphatic rings. The number of benzene rings is 1. The Bertz CT molecular complexity index is 640. The van der Waals surface area contributed by atoms with E-state index in [0.29, 0.717) is 19.7 Å². The van der Waals surface area contributed by atoms with E-state index < -0.39 is 6.10 Å². The molecule has 1 fully saturated rings. The maximum Gasteiger partial charge on any atom is 0.242 e. The highest BCUT2D eigenvalue weighted by Crippen LogP contribution is 2.16. The number of likely N-dealkylation sites (tertiary alicyclic amines) is 1. The van der Waals surface area contributed by atoms with Crippen LogP contribution in [0.5, 0.6) is 0 Å². The van der Waals surface area contributed by atoms with Crippen LogP contribution < -0.4 is 0 Å². The molecule has 0 bridgehead atoms. The second-order valence-electron chi connectivity index (χ2n) is 5.22. The first-order valence-electron chi connectivity index (χ1n) is 7.16. The van der Waals surface area contributed by atoms with Gasteiger partial charge in [-0.05, 0) is 19.1 Å². The Morgan fingerprint density at radius 3 is 3.05 bits per heavy atom. The van der Waals surface area contributed by atoms with Crippen molar-refractivity contribution in [1.29, 1.82) is 0 Å².